The van der Waals surface area contributed by atoms with Gasteiger partial charge in [-0.1, -0.05) is 6.92 Å². The van der Waals surface area contributed by atoms with E-state index in [9.17, 15) is 0 Å². The van der Waals surface area contributed by atoms with Crippen molar-refractivity contribution in [2.45, 2.75) is 26.7 Å². The first kappa shape index (κ1) is 15.2. The van der Waals surface area contributed by atoms with Gasteiger partial charge in [-0.3, -0.25) is 0 Å². The molecule has 1 rings (SSSR count). The first-order valence-corrected chi connectivity index (χ1v) is 7.07. The fourth-order valence-corrected chi connectivity index (χ4v) is 1.81. The van der Waals surface area contributed by atoms with E-state index in [4.69, 9.17) is 5.11 Å². The average molecular weight is 317 g/mol. The van der Waals surface area contributed by atoms with Crippen molar-refractivity contribution in [2.75, 3.05) is 30.3 Å². The predicted molar refractivity (Wildman–Crippen MR) is 77.9 cm³/mol. The van der Waals surface area contributed by atoms with Gasteiger partial charge in [-0.2, -0.15) is 4.98 Å². The SMILES string of the molecule is CCNc1ncc(Br)c(NCCCC(C)CO)n1. The van der Waals surface area contributed by atoms with Gasteiger partial charge in [-0.05, 0) is 41.6 Å². The van der Waals surface area contributed by atoms with Crippen LogP contribution in [0.15, 0.2) is 10.7 Å². The van der Waals surface area contributed by atoms with Crippen LogP contribution in [0.2, 0.25) is 0 Å². The molecule has 1 aromatic heterocycles. The number of nitrogens with zero attached hydrogens (tertiary/aromatic N) is 2. The molecule has 0 spiro atoms. The lowest BCUT2D eigenvalue weighted by molar-refractivity contribution is 0.229. The maximum absolute atomic E-state index is 8.93. The highest BCUT2D eigenvalue weighted by atomic mass is 79.9. The number of aromatic nitrogens is 2. The summed E-state index contributed by atoms with van der Waals surface area (Å²) in [6.45, 7) is 5.95. The number of nitrogens with one attached hydrogen (secondary N) is 2. The molecule has 0 aliphatic heterocycles. The molecule has 5 nitrogen and oxygen atoms in total. The molecule has 102 valence electrons. The molecule has 1 aromatic rings. The van der Waals surface area contributed by atoms with E-state index in [0.29, 0.717) is 11.9 Å². The van der Waals surface area contributed by atoms with Crippen LogP contribution in [-0.2, 0) is 0 Å². The van der Waals surface area contributed by atoms with Gasteiger partial charge in [-0.15, -0.1) is 0 Å². The Labute approximate surface area is 117 Å². The minimum absolute atomic E-state index is 0.252. The number of hydrogen-bond acceptors (Lipinski definition) is 5. The molecular weight excluding hydrogens is 296 g/mol. The Balaban J connectivity index is 2.43. The highest BCUT2D eigenvalue weighted by molar-refractivity contribution is 9.10. The Hall–Kier alpha value is -0.880. The monoisotopic (exact) mass is 316 g/mol. The molecule has 0 aliphatic carbocycles. The smallest absolute Gasteiger partial charge is 0.224 e. The van der Waals surface area contributed by atoms with E-state index in [0.717, 1.165) is 36.2 Å². The van der Waals surface area contributed by atoms with Gasteiger partial charge in [0.25, 0.3) is 0 Å². The molecule has 3 N–H and O–H groups in total. The van der Waals surface area contributed by atoms with Gasteiger partial charge in [0.05, 0.1) is 4.47 Å². The standard InChI is InChI=1S/C12H21BrN4O/c1-3-14-12-16-7-10(13)11(17-12)15-6-4-5-9(2)8-18/h7,9,18H,3-6,8H2,1-2H3,(H2,14,15,16,17). The fourth-order valence-electron chi connectivity index (χ4n) is 1.48. The van der Waals surface area contributed by atoms with Crippen LogP contribution >= 0.6 is 15.9 Å². The normalized spacial score (nSPS) is 12.2. The number of rotatable bonds is 8. The quantitative estimate of drug-likeness (QED) is 0.643. The highest BCUT2D eigenvalue weighted by Gasteiger charge is 2.04. The lowest BCUT2D eigenvalue weighted by Gasteiger charge is -2.11. The number of anilines is 2. The van der Waals surface area contributed by atoms with Crippen LogP contribution in [0.4, 0.5) is 11.8 Å². The van der Waals surface area contributed by atoms with Gasteiger partial charge in [0.15, 0.2) is 0 Å². The van der Waals surface area contributed by atoms with Crippen molar-refractivity contribution in [3.8, 4) is 0 Å². The van der Waals surface area contributed by atoms with Crippen LogP contribution in [0.3, 0.4) is 0 Å². The van der Waals surface area contributed by atoms with Crippen LogP contribution in [0.5, 0.6) is 0 Å². The van der Waals surface area contributed by atoms with Crippen molar-refractivity contribution in [1.82, 2.24) is 9.97 Å². The van der Waals surface area contributed by atoms with E-state index in [1.165, 1.54) is 0 Å². The molecule has 18 heavy (non-hydrogen) atoms. The zero-order valence-electron chi connectivity index (χ0n) is 10.9. The van der Waals surface area contributed by atoms with Crippen LogP contribution < -0.4 is 10.6 Å². The van der Waals surface area contributed by atoms with Crippen LogP contribution in [-0.4, -0.2) is 34.8 Å². The van der Waals surface area contributed by atoms with E-state index in [2.05, 4.69) is 36.5 Å². The van der Waals surface area contributed by atoms with Gasteiger partial charge in [0.2, 0.25) is 5.95 Å². The first-order chi connectivity index (χ1) is 8.67. The highest BCUT2D eigenvalue weighted by Crippen LogP contribution is 2.20. The largest absolute Gasteiger partial charge is 0.396 e. The lowest BCUT2D eigenvalue weighted by Crippen LogP contribution is -2.10. The Kier molecular flexibility index (Phi) is 6.97. The van der Waals surface area contributed by atoms with Crippen molar-refractivity contribution < 1.29 is 5.11 Å². The molecule has 6 heteroatoms. The Morgan fingerprint density at radius 1 is 1.44 bits per heavy atom. The molecule has 0 bridgehead atoms. The van der Waals surface area contributed by atoms with Crippen molar-refractivity contribution in [3.05, 3.63) is 10.7 Å². The molecule has 0 saturated heterocycles. The summed E-state index contributed by atoms with van der Waals surface area (Å²) < 4.78 is 0.861. The molecule has 0 radical (unpaired) electrons. The van der Waals surface area contributed by atoms with Crippen molar-refractivity contribution in [2.24, 2.45) is 5.92 Å². The van der Waals surface area contributed by atoms with Crippen molar-refractivity contribution >= 4 is 27.7 Å². The zero-order valence-corrected chi connectivity index (χ0v) is 12.5. The maximum atomic E-state index is 8.93. The molecule has 0 aromatic carbocycles. The maximum Gasteiger partial charge on any atom is 0.224 e. The molecule has 0 aliphatic rings. The minimum atomic E-state index is 0.252. The Morgan fingerprint density at radius 3 is 2.89 bits per heavy atom. The van der Waals surface area contributed by atoms with Gasteiger partial charge >= 0.3 is 0 Å². The van der Waals surface area contributed by atoms with E-state index in [1.54, 1.807) is 6.20 Å². The predicted octanol–water partition coefficient (Wildman–Crippen LogP) is 2.49. The van der Waals surface area contributed by atoms with Gasteiger partial charge in [-0.25, -0.2) is 4.98 Å². The summed E-state index contributed by atoms with van der Waals surface area (Å²) in [5, 5.41) is 15.3. The third-order valence-corrected chi connectivity index (χ3v) is 3.14. The van der Waals surface area contributed by atoms with Crippen LogP contribution in [0, 0.1) is 5.92 Å². The summed E-state index contributed by atoms with van der Waals surface area (Å²) in [6.07, 6.45) is 3.75. The molecular formula is C12H21BrN4O. The average Bonchev–Trinajstić information content (AvgIpc) is 2.38. The minimum Gasteiger partial charge on any atom is -0.396 e. The molecule has 1 heterocycles. The first-order valence-electron chi connectivity index (χ1n) is 6.28. The Morgan fingerprint density at radius 2 is 2.22 bits per heavy atom. The summed E-state index contributed by atoms with van der Waals surface area (Å²) in [5.74, 6) is 1.79. The summed E-state index contributed by atoms with van der Waals surface area (Å²) >= 11 is 3.42. The summed E-state index contributed by atoms with van der Waals surface area (Å²) in [4.78, 5) is 8.53. The number of aliphatic hydroxyl groups excluding tert-OH is 1. The van der Waals surface area contributed by atoms with E-state index >= 15 is 0 Å². The zero-order chi connectivity index (χ0) is 13.4. The third-order valence-electron chi connectivity index (χ3n) is 2.56. The second-order valence-corrected chi connectivity index (χ2v) is 5.13. The van der Waals surface area contributed by atoms with Crippen molar-refractivity contribution in [3.63, 3.8) is 0 Å². The fraction of sp³-hybridized carbons (Fsp3) is 0.667. The lowest BCUT2D eigenvalue weighted by atomic mass is 10.1. The van der Waals surface area contributed by atoms with Crippen molar-refractivity contribution in [1.29, 1.82) is 0 Å². The second-order valence-electron chi connectivity index (χ2n) is 4.28. The van der Waals surface area contributed by atoms with Gasteiger partial charge in [0, 0.05) is 25.9 Å². The number of hydrogen-bond donors (Lipinski definition) is 3. The third kappa shape index (κ3) is 5.18. The van der Waals surface area contributed by atoms with E-state index in [-0.39, 0.29) is 6.61 Å². The van der Waals surface area contributed by atoms with Gasteiger partial charge in [0.1, 0.15) is 5.82 Å². The molecule has 0 saturated carbocycles. The Bertz CT molecular complexity index is 362. The molecule has 1 unspecified atom stereocenters. The summed E-state index contributed by atoms with van der Waals surface area (Å²) in [5.41, 5.74) is 0. The summed E-state index contributed by atoms with van der Waals surface area (Å²) in [7, 11) is 0. The van der Waals surface area contributed by atoms with E-state index in [1.807, 2.05) is 13.8 Å². The van der Waals surface area contributed by atoms with Gasteiger partial charge < -0.3 is 15.7 Å². The second kappa shape index (κ2) is 8.26. The molecule has 0 amide bonds. The summed E-state index contributed by atoms with van der Waals surface area (Å²) in [6, 6.07) is 0. The molecule has 1 atom stereocenters. The number of aliphatic hydroxyl groups is 1. The van der Waals surface area contributed by atoms with Crippen LogP contribution in [0.1, 0.15) is 26.7 Å². The molecule has 0 fully saturated rings. The topological polar surface area (TPSA) is 70.1 Å². The van der Waals surface area contributed by atoms with Crippen LogP contribution in [0.25, 0.3) is 0 Å². The number of halogens is 1. The van der Waals surface area contributed by atoms with E-state index < -0.39 is 0 Å².